The van der Waals surface area contributed by atoms with Gasteiger partial charge < -0.3 is 10.6 Å². The van der Waals surface area contributed by atoms with Crippen LogP contribution in [0.3, 0.4) is 0 Å². The maximum atomic E-state index is 13.1. The van der Waals surface area contributed by atoms with Crippen molar-refractivity contribution in [2.75, 3.05) is 18.0 Å². The second-order valence-corrected chi connectivity index (χ2v) is 6.76. The first-order valence-electron chi connectivity index (χ1n) is 8.27. The van der Waals surface area contributed by atoms with Gasteiger partial charge in [-0.3, -0.25) is 0 Å². The fourth-order valence-corrected chi connectivity index (χ4v) is 3.49. The molecule has 0 aliphatic heterocycles. The first kappa shape index (κ1) is 16.3. The van der Waals surface area contributed by atoms with Gasteiger partial charge >= 0.3 is 0 Å². The van der Waals surface area contributed by atoms with Crippen molar-refractivity contribution in [1.82, 2.24) is 0 Å². The summed E-state index contributed by atoms with van der Waals surface area (Å²) in [4.78, 5) is 2.33. The number of rotatable bonds is 5. The molecule has 0 amide bonds. The highest BCUT2D eigenvalue weighted by Gasteiger charge is 2.30. The molecule has 0 spiro atoms. The molecule has 0 bridgehead atoms. The number of hydrogen-bond donors (Lipinski definition) is 1. The van der Waals surface area contributed by atoms with E-state index in [0.717, 1.165) is 37.0 Å². The van der Waals surface area contributed by atoms with Gasteiger partial charge in [-0.15, -0.1) is 0 Å². The van der Waals surface area contributed by atoms with Crippen LogP contribution in [0.2, 0.25) is 0 Å². The van der Waals surface area contributed by atoms with Gasteiger partial charge in [-0.05, 0) is 68.2 Å². The molecule has 2 N–H and O–H groups in total. The van der Waals surface area contributed by atoms with Gasteiger partial charge in [-0.25, -0.2) is 4.39 Å². The summed E-state index contributed by atoms with van der Waals surface area (Å²) in [6, 6.07) is 7.11. The van der Waals surface area contributed by atoms with Gasteiger partial charge in [0.05, 0.1) is 0 Å². The zero-order valence-electron chi connectivity index (χ0n) is 13.6. The van der Waals surface area contributed by atoms with E-state index in [1.54, 1.807) is 0 Å². The second-order valence-electron chi connectivity index (χ2n) is 6.76. The van der Waals surface area contributed by atoms with E-state index in [9.17, 15) is 4.39 Å². The van der Waals surface area contributed by atoms with E-state index in [1.807, 2.05) is 12.1 Å². The molecule has 2 nitrogen and oxygen atoms in total. The summed E-state index contributed by atoms with van der Waals surface area (Å²) < 4.78 is 13.1. The third-order valence-corrected chi connectivity index (χ3v) is 5.05. The quantitative estimate of drug-likeness (QED) is 0.887. The summed E-state index contributed by atoms with van der Waals surface area (Å²) in [5.41, 5.74) is 7.46. The van der Waals surface area contributed by atoms with Gasteiger partial charge in [0.2, 0.25) is 0 Å². The summed E-state index contributed by atoms with van der Waals surface area (Å²) >= 11 is 0. The Morgan fingerprint density at radius 1 is 1.24 bits per heavy atom. The molecule has 1 aliphatic rings. The van der Waals surface area contributed by atoms with Crippen LogP contribution >= 0.6 is 0 Å². The lowest BCUT2D eigenvalue weighted by Crippen LogP contribution is -2.44. The minimum Gasteiger partial charge on any atom is -0.371 e. The van der Waals surface area contributed by atoms with Crippen LogP contribution in [0.5, 0.6) is 0 Å². The molecule has 1 aliphatic carbocycles. The van der Waals surface area contributed by atoms with Crippen molar-refractivity contribution < 1.29 is 4.39 Å². The summed E-state index contributed by atoms with van der Waals surface area (Å²) in [6.45, 7) is 8.69. The number of halogens is 1. The molecule has 3 unspecified atom stereocenters. The third-order valence-electron chi connectivity index (χ3n) is 5.05. The average molecular weight is 292 g/mol. The maximum Gasteiger partial charge on any atom is 0.123 e. The van der Waals surface area contributed by atoms with Crippen LogP contribution in [-0.2, 0) is 0 Å². The van der Waals surface area contributed by atoms with Crippen LogP contribution in [0, 0.1) is 23.6 Å². The number of benzene rings is 1. The zero-order chi connectivity index (χ0) is 15.4. The fourth-order valence-electron chi connectivity index (χ4n) is 3.49. The number of hydrogen-bond acceptors (Lipinski definition) is 2. The summed E-state index contributed by atoms with van der Waals surface area (Å²) in [6.07, 6.45) is 3.61. The Balaban J connectivity index is 2.04. The lowest BCUT2D eigenvalue weighted by molar-refractivity contribution is 0.192. The SMILES string of the molecule is CCN(CC1CC(C(C)C)CCC1N)c1ccc(F)cc1. The minimum atomic E-state index is -0.177. The molecular formula is C18H29FN2. The highest BCUT2D eigenvalue weighted by molar-refractivity contribution is 5.46. The third kappa shape index (κ3) is 4.19. The Hall–Kier alpha value is -1.09. The van der Waals surface area contributed by atoms with E-state index in [1.165, 1.54) is 25.0 Å². The molecular weight excluding hydrogens is 263 g/mol. The van der Waals surface area contributed by atoms with Crippen LogP contribution in [0.15, 0.2) is 24.3 Å². The van der Waals surface area contributed by atoms with E-state index >= 15 is 0 Å². The topological polar surface area (TPSA) is 29.3 Å². The molecule has 1 aromatic rings. The Morgan fingerprint density at radius 3 is 2.48 bits per heavy atom. The summed E-state index contributed by atoms with van der Waals surface area (Å²) in [5.74, 6) is 1.89. The Labute approximate surface area is 128 Å². The van der Waals surface area contributed by atoms with Gasteiger partial charge in [0, 0.05) is 24.8 Å². The average Bonchev–Trinajstić information content (AvgIpc) is 2.47. The largest absolute Gasteiger partial charge is 0.371 e. The van der Waals surface area contributed by atoms with Crippen molar-refractivity contribution in [3.63, 3.8) is 0 Å². The summed E-state index contributed by atoms with van der Waals surface area (Å²) in [5, 5.41) is 0. The molecule has 2 rings (SSSR count). The Kier molecular flexibility index (Phi) is 5.63. The number of nitrogens with zero attached hydrogens (tertiary/aromatic N) is 1. The highest BCUT2D eigenvalue weighted by Crippen LogP contribution is 2.34. The molecule has 0 aromatic heterocycles. The van der Waals surface area contributed by atoms with Crippen molar-refractivity contribution in [3.8, 4) is 0 Å². The van der Waals surface area contributed by atoms with Crippen LogP contribution in [0.1, 0.15) is 40.0 Å². The first-order chi connectivity index (χ1) is 10.0. The number of nitrogens with two attached hydrogens (primary N) is 1. The van der Waals surface area contributed by atoms with E-state index < -0.39 is 0 Å². The standard InChI is InChI=1S/C18H29FN2/c1-4-21(17-8-6-16(19)7-9-17)12-15-11-14(13(2)3)5-10-18(15)20/h6-9,13-15,18H,4-5,10-12,20H2,1-3H3. The predicted octanol–water partition coefficient (Wildman–Crippen LogP) is 4.05. The van der Waals surface area contributed by atoms with Crippen molar-refractivity contribution in [2.45, 2.75) is 46.1 Å². The highest BCUT2D eigenvalue weighted by atomic mass is 19.1. The Morgan fingerprint density at radius 2 is 1.90 bits per heavy atom. The molecule has 0 heterocycles. The van der Waals surface area contributed by atoms with Gasteiger partial charge in [-0.2, -0.15) is 0 Å². The smallest absolute Gasteiger partial charge is 0.123 e. The normalized spacial score (nSPS) is 26.1. The molecule has 1 saturated carbocycles. The van der Waals surface area contributed by atoms with E-state index in [0.29, 0.717) is 12.0 Å². The minimum absolute atomic E-state index is 0.177. The molecule has 3 atom stereocenters. The van der Waals surface area contributed by atoms with Gasteiger partial charge in [0.15, 0.2) is 0 Å². The maximum absolute atomic E-state index is 13.1. The second kappa shape index (κ2) is 7.26. The van der Waals surface area contributed by atoms with Crippen molar-refractivity contribution in [2.24, 2.45) is 23.5 Å². The molecule has 0 radical (unpaired) electrons. The predicted molar refractivity (Wildman–Crippen MR) is 87.9 cm³/mol. The first-order valence-corrected chi connectivity index (χ1v) is 8.27. The summed E-state index contributed by atoms with van der Waals surface area (Å²) in [7, 11) is 0. The van der Waals surface area contributed by atoms with E-state index in [-0.39, 0.29) is 5.82 Å². The van der Waals surface area contributed by atoms with Crippen LogP contribution in [0.25, 0.3) is 0 Å². The van der Waals surface area contributed by atoms with Gasteiger partial charge in [0.25, 0.3) is 0 Å². The molecule has 3 heteroatoms. The van der Waals surface area contributed by atoms with Crippen molar-refractivity contribution in [3.05, 3.63) is 30.1 Å². The monoisotopic (exact) mass is 292 g/mol. The molecule has 1 fully saturated rings. The zero-order valence-corrected chi connectivity index (χ0v) is 13.6. The van der Waals surface area contributed by atoms with Crippen molar-refractivity contribution in [1.29, 1.82) is 0 Å². The van der Waals surface area contributed by atoms with Gasteiger partial charge in [0.1, 0.15) is 5.82 Å². The molecule has 118 valence electrons. The molecule has 0 saturated heterocycles. The lowest BCUT2D eigenvalue weighted by Gasteiger charge is -2.39. The molecule has 21 heavy (non-hydrogen) atoms. The van der Waals surface area contributed by atoms with Crippen LogP contribution in [-0.4, -0.2) is 19.1 Å². The fraction of sp³-hybridized carbons (Fsp3) is 0.667. The van der Waals surface area contributed by atoms with E-state index in [2.05, 4.69) is 25.7 Å². The van der Waals surface area contributed by atoms with Crippen molar-refractivity contribution >= 4 is 5.69 Å². The Bertz CT molecular complexity index is 429. The lowest BCUT2D eigenvalue weighted by atomic mass is 9.73. The number of anilines is 1. The van der Waals surface area contributed by atoms with Crippen LogP contribution < -0.4 is 10.6 Å². The van der Waals surface area contributed by atoms with Gasteiger partial charge in [-0.1, -0.05) is 13.8 Å². The van der Waals surface area contributed by atoms with Crippen LogP contribution in [0.4, 0.5) is 10.1 Å². The molecule has 1 aromatic carbocycles. The van der Waals surface area contributed by atoms with E-state index in [4.69, 9.17) is 5.73 Å².